The lowest BCUT2D eigenvalue weighted by Gasteiger charge is -2.32. The predicted octanol–water partition coefficient (Wildman–Crippen LogP) is 4.04. The van der Waals surface area contributed by atoms with E-state index in [0.29, 0.717) is 0 Å². The summed E-state index contributed by atoms with van der Waals surface area (Å²) >= 11 is 0. The number of benzene rings is 1. The molecule has 3 atom stereocenters. The third kappa shape index (κ3) is 2.37. The van der Waals surface area contributed by atoms with Crippen molar-refractivity contribution >= 4 is 0 Å². The van der Waals surface area contributed by atoms with Crippen molar-refractivity contribution in [2.75, 3.05) is 13.7 Å². The number of methoxy groups -OCH3 is 1. The molecule has 2 rings (SSSR count). The van der Waals surface area contributed by atoms with E-state index in [2.05, 4.69) is 0 Å². The van der Waals surface area contributed by atoms with Gasteiger partial charge in [0.05, 0.1) is 13.7 Å². The van der Waals surface area contributed by atoms with Gasteiger partial charge in [-0.3, -0.25) is 0 Å². The first-order valence-corrected chi connectivity index (χ1v) is 6.36. The normalized spacial score (nSPS) is 29.7. The molecule has 1 fully saturated rings. The SMILES string of the molecule is COc1c([C@@H]2CO[C@](C)(C(F)(F)F)[C@H]2C)ccc(F)c1F. The molecule has 0 radical (unpaired) electrons. The van der Waals surface area contributed by atoms with E-state index in [0.717, 1.165) is 20.1 Å². The molecule has 0 aliphatic carbocycles. The molecule has 1 aromatic rings. The Bertz CT molecular complexity index is 543. The summed E-state index contributed by atoms with van der Waals surface area (Å²) in [6.45, 7) is 2.11. The van der Waals surface area contributed by atoms with Crippen molar-refractivity contribution in [3.63, 3.8) is 0 Å². The fourth-order valence-electron chi connectivity index (χ4n) is 2.67. The zero-order valence-corrected chi connectivity index (χ0v) is 11.7. The van der Waals surface area contributed by atoms with Gasteiger partial charge in [0.25, 0.3) is 0 Å². The monoisotopic (exact) mass is 310 g/mol. The minimum absolute atomic E-state index is 0.178. The van der Waals surface area contributed by atoms with Crippen molar-refractivity contribution in [1.82, 2.24) is 0 Å². The largest absolute Gasteiger partial charge is 0.493 e. The molecule has 1 saturated heterocycles. The van der Waals surface area contributed by atoms with E-state index >= 15 is 0 Å². The van der Waals surface area contributed by atoms with Crippen LogP contribution in [0.3, 0.4) is 0 Å². The Morgan fingerprint density at radius 3 is 2.38 bits per heavy atom. The summed E-state index contributed by atoms with van der Waals surface area (Å²) in [5, 5.41) is 0. The standard InChI is InChI=1S/C14H15F5O2/c1-7-9(6-21-13(7,2)14(17,18)19)8-4-5-10(15)11(16)12(8)20-3/h4-5,7,9H,6H2,1-3H3/t7-,9+,13-/m0/s1. The summed E-state index contributed by atoms with van der Waals surface area (Å²) in [5.41, 5.74) is -2.15. The first-order valence-electron chi connectivity index (χ1n) is 6.36. The molecule has 0 amide bonds. The van der Waals surface area contributed by atoms with Crippen molar-refractivity contribution in [3.8, 4) is 5.75 Å². The Morgan fingerprint density at radius 2 is 1.90 bits per heavy atom. The lowest BCUT2D eigenvalue weighted by molar-refractivity contribution is -0.266. The molecule has 0 bridgehead atoms. The molecule has 21 heavy (non-hydrogen) atoms. The molecule has 0 spiro atoms. The van der Waals surface area contributed by atoms with Crippen molar-refractivity contribution in [1.29, 1.82) is 0 Å². The predicted molar refractivity (Wildman–Crippen MR) is 65.2 cm³/mol. The second-order valence-electron chi connectivity index (χ2n) is 5.29. The average Bonchev–Trinajstić information content (AvgIpc) is 2.70. The van der Waals surface area contributed by atoms with Gasteiger partial charge >= 0.3 is 6.18 Å². The summed E-state index contributed by atoms with van der Waals surface area (Å²) in [6, 6.07) is 2.12. The highest BCUT2D eigenvalue weighted by atomic mass is 19.4. The number of hydrogen-bond donors (Lipinski definition) is 0. The van der Waals surface area contributed by atoms with E-state index in [1.54, 1.807) is 0 Å². The molecule has 0 N–H and O–H groups in total. The van der Waals surface area contributed by atoms with Gasteiger partial charge in [-0.15, -0.1) is 0 Å². The van der Waals surface area contributed by atoms with Crippen molar-refractivity contribution in [3.05, 3.63) is 29.3 Å². The summed E-state index contributed by atoms with van der Waals surface area (Å²) < 4.78 is 76.0. The molecule has 0 unspecified atom stereocenters. The van der Waals surface area contributed by atoms with Crippen LogP contribution in [0.15, 0.2) is 12.1 Å². The van der Waals surface area contributed by atoms with Crippen LogP contribution in [-0.4, -0.2) is 25.5 Å². The molecule has 0 saturated carbocycles. The van der Waals surface area contributed by atoms with Crippen molar-refractivity contribution < 1.29 is 31.4 Å². The zero-order valence-electron chi connectivity index (χ0n) is 11.7. The minimum atomic E-state index is -4.55. The Labute approximate surface area is 118 Å². The van der Waals surface area contributed by atoms with Gasteiger partial charge in [-0.05, 0) is 13.0 Å². The molecule has 1 aliphatic heterocycles. The number of alkyl halides is 3. The summed E-state index contributed by atoms with van der Waals surface area (Å²) in [5.74, 6) is -4.39. The summed E-state index contributed by atoms with van der Waals surface area (Å²) in [7, 11) is 1.14. The molecule has 1 heterocycles. The van der Waals surface area contributed by atoms with Crippen LogP contribution in [-0.2, 0) is 4.74 Å². The third-order valence-electron chi connectivity index (χ3n) is 4.28. The van der Waals surface area contributed by atoms with Crippen LogP contribution >= 0.6 is 0 Å². The topological polar surface area (TPSA) is 18.5 Å². The van der Waals surface area contributed by atoms with Gasteiger partial charge in [0.1, 0.15) is 0 Å². The highest BCUT2D eigenvalue weighted by Gasteiger charge is 2.61. The number of rotatable bonds is 2. The Balaban J connectivity index is 2.44. The quantitative estimate of drug-likeness (QED) is 0.767. The fraction of sp³-hybridized carbons (Fsp3) is 0.571. The molecule has 118 valence electrons. The van der Waals surface area contributed by atoms with Crippen LogP contribution in [0.2, 0.25) is 0 Å². The van der Waals surface area contributed by atoms with Crippen molar-refractivity contribution in [2.45, 2.75) is 31.5 Å². The Hall–Kier alpha value is -1.37. The van der Waals surface area contributed by atoms with Crippen LogP contribution in [0.1, 0.15) is 25.3 Å². The maximum absolute atomic E-state index is 13.7. The first-order chi connectivity index (χ1) is 9.63. The van der Waals surface area contributed by atoms with Crippen LogP contribution in [0.25, 0.3) is 0 Å². The Morgan fingerprint density at radius 1 is 1.29 bits per heavy atom. The van der Waals surface area contributed by atoms with Crippen LogP contribution < -0.4 is 4.74 Å². The molecule has 2 nitrogen and oxygen atoms in total. The van der Waals surface area contributed by atoms with E-state index in [9.17, 15) is 22.0 Å². The summed E-state index contributed by atoms with van der Waals surface area (Å²) in [4.78, 5) is 0. The first kappa shape index (κ1) is 16.0. The molecule has 1 aliphatic rings. The van der Waals surface area contributed by atoms with Crippen LogP contribution in [0.4, 0.5) is 22.0 Å². The molecule has 1 aromatic carbocycles. The molecule has 0 aromatic heterocycles. The van der Waals surface area contributed by atoms with Crippen LogP contribution in [0.5, 0.6) is 5.75 Å². The maximum Gasteiger partial charge on any atom is 0.417 e. The second kappa shape index (κ2) is 5.12. The number of hydrogen-bond acceptors (Lipinski definition) is 2. The van der Waals surface area contributed by atoms with E-state index in [-0.39, 0.29) is 17.9 Å². The van der Waals surface area contributed by atoms with Gasteiger partial charge in [-0.25, -0.2) is 4.39 Å². The van der Waals surface area contributed by atoms with Gasteiger partial charge in [-0.2, -0.15) is 17.6 Å². The van der Waals surface area contributed by atoms with Gasteiger partial charge in [0.2, 0.25) is 5.82 Å². The highest BCUT2D eigenvalue weighted by molar-refractivity contribution is 5.40. The van der Waals surface area contributed by atoms with E-state index in [1.807, 2.05) is 0 Å². The lowest BCUT2D eigenvalue weighted by Crippen LogP contribution is -2.46. The zero-order chi connectivity index (χ0) is 16.0. The minimum Gasteiger partial charge on any atom is -0.493 e. The fourth-order valence-corrected chi connectivity index (χ4v) is 2.67. The Kier molecular flexibility index (Phi) is 3.90. The van der Waals surface area contributed by atoms with Crippen LogP contribution in [0, 0.1) is 17.6 Å². The highest BCUT2D eigenvalue weighted by Crippen LogP contribution is 2.51. The third-order valence-corrected chi connectivity index (χ3v) is 4.28. The smallest absolute Gasteiger partial charge is 0.417 e. The van der Waals surface area contributed by atoms with Crippen molar-refractivity contribution in [2.24, 2.45) is 5.92 Å². The molecular weight excluding hydrogens is 295 g/mol. The number of ether oxygens (including phenoxy) is 2. The van der Waals surface area contributed by atoms with Gasteiger partial charge in [0.15, 0.2) is 17.2 Å². The maximum atomic E-state index is 13.7. The summed E-state index contributed by atoms with van der Waals surface area (Å²) in [6.07, 6.45) is -4.55. The van der Waals surface area contributed by atoms with E-state index in [4.69, 9.17) is 9.47 Å². The van der Waals surface area contributed by atoms with E-state index < -0.39 is 35.2 Å². The molecular formula is C14H15F5O2. The average molecular weight is 310 g/mol. The second-order valence-corrected chi connectivity index (χ2v) is 5.29. The molecule has 7 heteroatoms. The van der Waals surface area contributed by atoms with Gasteiger partial charge in [-0.1, -0.05) is 13.0 Å². The van der Waals surface area contributed by atoms with Gasteiger partial charge < -0.3 is 9.47 Å². The van der Waals surface area contributed by atoms with E-state index in [1.165, 1.54) is 13.0 Å². The number of halogens is 5. The van der Waals surface area contributed by atoms with Gasteiger partial charge in [0, 0.05) is 17.4 Å². The lowest BCUT2D eigenvalue weighted by atomic mass is 9.79.